The summed E-state index contributed by atoms with van der Waals surface area (Å²) in [6.45, 7) is 3.76. The molecule has 1 unspecified atom stereocenters. The summed E-state index contributed by atoms with van der Waals surface area (Å²) in [4.78, 5) is 6.59. The van der Waals surface area contributed by atoms with E-state index in [2.05, 4.69) is 9.88 Å². The number of hydrogen-bond acceptors (Lipinski definition) is 4. The van der Waals surface area contributed by atoms with Crippen molar-refractivity contribution in [1.82, 2.24) is 14.2 Å². The van der Waals surface area contributed by atoms with Gasteiger partial charge < -0.3 is 0 Å². The molecular formula is C20H24FN3O2S. The maximum absolute atomic E-state index is 13.1. The fourth-order valence-corrected chi connectivity index (χ4v) is 5.89. The molecule has 2 aliphatic heterocycles. The van der Waals surface area contributed by atoms with Crippen LogP contribution in [0.25, 0.3) is 0 Å². The molecule has 0 radical (unpaired) electrons. The Morgan fingerprint density at radius 3 is 2.63 bits per heavy atom. The monoisotopic (exact) mass is 389 g/mol. The Bertz CT molecular complexity index is 889. The highest BCUT2D eigenvalue weighted by molar-refractivity contribution is 7.89. The molecule has 2 aliphatic rings. The van der Waals surface area contributed by atoms with Crippen LogP contribution in [0.3, 0.4) is 0 Å². The molecule has 1 spiro atoms. The van der Waals surface area contributed by atoms with E-state index in [1.54, 1.807) is 22.6 Å². The van der Waals surface area contributed by atoms with Crippen LogP contribution in [0.2, 0.25) is 0 Å². The average Bonchev–Trinajstić information content (AvgIpc) is 3.08. The predicted molar refractivity (Wildman–Crippen MR) is 101 cm³/mol. The summed E-state index contributed by atoms with van der Waals surface area (Å²) < 4.78 is 40.5. The average molecular weight is 389 g/mol. The summed E-state index contributed by atoms with van der Waals surface area (Å²) in [5.41, 5.74) is 1.10. The Balaban J connectivity index is 1.45. The third-order valence-electron chi connectivity index (χ3n) is 5.74. The lowest BCUT2D eigenvalue weighted by Crippen LogP contribution is -2.45. The first-order valence-electron chi connectivity index (χ1n) is 9.34. The molecule has 27 heavy (non-hydrogen) atoms. The second-order valence-electron chi connectivity index (χ2n) is 7.72. The number of benzene rings is 1. The van der Waals surface area contributed by atoms with Crippen molar-refractivity contribution in [2.24, 2.45) is 5.41 Å². The van der Waals surface area contributed by atoms with Gasteiger partial charge in [0.1, 0.15) is 10.7 Å². The van der Waals surface area contributed by atoms with Gasteiger partial charge in [-0.25, -0.2) is 12.8 Å². The van der Waals surface area contributed by atoms with E-state index < -0.39 is 10.0 Å². The van der Waals surface area contributed by atoms with Crippen molar-refractivity contribution >= 4 is 10.0 Å². The van der Waals surface area contributed by atoms with Gasteiger partial charge in [-0.15, -0.1) is 0 Å². The van der Waals surface area contributed by atoms with Gasteiger partial charge in [0, 0.05) is 38.6 Å². The van der Waals surface area contributed by atoms with Crippen molar-refractivity contribution in [3.63, 3.8) is 0 Å². The number of pyridine rings is 1. The number of nitrogens with zero attached hydrogens (tertiary/aromatic N) is 3. The maximum atomic E-state index is 13.1. The second-order valence-corrected chi connectivity index (χ2v) is 9.66. The second kappa shape index (κ2) is 7.30. The van der Waals surface area contributed by atoms with Crippen molar-refractivity contribution in [2.75, 3.05) is 26.2 Å². The van der Waals surface area contributed by atoms with Crippen LogP contribution in [0.4, 0.5) is 4.39 Å². The Labute approximate surface area is 159 Å². The summed E-state index contributed by atoms with van der Waals surface area (Å²) in [5, 5.41) is 0. The molecule has 1 aromatic heterocycles. The third kappa shape index (κ3) is 3.90. The van der Waals surface area contributed by atoms with Crippen LogP contribution in [0.5, 0.6) is 0 Å². The van der Waals surface area contributed by atoms with E-state index in [0.717, 1.165) is 44.5 Å². The zero-order valence-electron chi connectivity index (χ0n) is 15.2. The van der Waals surface area contributed by atoms with Gasteiger partial charge in [0.2, 0.25) is 10.0 Å². The number of aromatic nitrogens is 1. The quantitative estimate of drug-likeness (QED) is 0.807. The fraction of sp³-hybridized carbons (Fsp3) is 0.450. The van der Waals surface area contributed by atoms with Crippen LogP contribution in [-0.4, -0.2) is 48.8 Å². The van der Waals surface area contributed by atoms with Gasteiger partial charge in [-0.1, -0.05) is 12.1 Å². The topological polar surface area (TPSA) is 53.5 Å². The first-order valence-corrected chi connectivity index (χ1v) is 10.8. The molecule has 0 bridgehead atoms. The van der Waals surface area contributed by atoms with Crippen molar-refractivity contribution in [3.8, 4) is 0 Å². The molecule has 144 valence electrons. The molecular weight excluding hydrogens is 365 g/mol. The van der Waals surface area contributed by atoms with Gasteiger partial charge in [-0.2, -0.15) is 4.31 Å². The molecule has 3 heterocycles. The molecule has 2 fully saturated rings. The molecule has 0 amide bonds. The van der Waals surface area contributed by atoms with Gasteiger partial charge in [-0.3, -0.25) is 9.88 Å². The molecule has 0 N–H and O–H groups in total. The van der Waals surface area contributed by atoms with E-state index in [0.29, 0.717) is 13.1 Å². The number of sulfonamides is 1. The molecule has 0 saturated carbocycles. The fourth-order valence-electron chi connectivity index (χ4n) is 4.37. The van der Waals surface area contributed by atoms with E-state index in [1.807, 2.05) is 12.1 Å². The van der Waals surface area contributed by atoms with Crippen molar-refractivity contribution in [1.29, 1.82) is 0 Å². The lowest BCUT2D eigenvalue weighted by atomic mass is 9.79. The predicted octanol–water partition coefficient (Wildman–Crippen LogP) is 2.90. The minimum Gasteiger partial charge on any atom is -0.298 e. The number of rotatable bonds is 4. The van der Waals surface area contributed by atoms with E-state index >= 15 is 0 Å². The van der Waals surface area contributed by atoms with Crippen LogP contribution in [0.1, 0.15) is 24.8 Å². The largest absolute Gasteiger partial charge is 0.298 e. The summed E-state index contributed by atoms with van der Waals surface area (Å²) in [5.74, 6) is -0.221. The molecule has 2 saturated heterocycles. The van der Waals surface area contributed by atoms with E-state index in [-0.39, 0.29) is 16.1 Å². The number of hydrogen-bond donors (Lipinski definition) is 0. The first-order chi connectivity index (χ1) is 13.0. The summed E-state index contributed by atoms with van der Waals surface area (Å²) in [7, 11) is -3.48. The van der Waals surface area contributed by atoms with E-state index in [1.165, 1.54) is 18.3 Å². The molecule has 2 aromatic rings. The molecule has 1 atom stereocenters. The number of piperidine rings is 1. The standard InChI is InChI=1S/C20H24FN3O2S/c21-18-6-4-17(5-7-18)14-23-11-2-8-20(15-23)9-12-24(16-20)27(25,26)19-3-1-10-22-13-19/h1,3-7,10,13H,2,8-9,11-12,14-16H2. The zero-order valence-corrected chi connectivity index (χ0v) is 16.0. The lowest BCUT2D eigenvalue weighted by molar-refractivity contribution is 0.0935. The Morgan fingerprint density at radius 1 is 1.07 bits per heavy atom. The van der Waals surface area contributed by atoms with Crippen molar-refractivity contribution in [2.45, 2.75) is 30.7 Å². The van der Waals surface area contributed by atoms with Crippen LogP contribution in [-0.2, 0) is 16.6 Å². The Hall–Kier alpha value is -1.83. The molecule has 0 aliphatic carbocycles. The van der Waals surface area contributed by atoms with E-state index in [4.69, 9.17) is 0 Å². The van der Waals surface area contributed by atoms with Gasteiger partial charge in [0.25, 0.3) is 0 Å². The molecule has 4 rings (SSSR count). The molecule has 7 heteroatoms. The van der Waals surface area contributed by atoms with Crippen LogP contribution < -0.4 is 0 Å². The summed E-state index contributed by atoms with van der Waals surface area (Å²) in [6.07, 6.45) is 5.99. The smallest absolute Gasteiger partial charge is 0.244 e. The minimum absolute atomic E-state index is 0.00750. The maximum Gasteiger partial charge on any atom is 0.244 e. The Kier molecular flexibility index (Phi) is 5.01. The zero-order chi connectivity index (χ0) is 18.9. The van der Waals surface area contributed by atoms with Crippen LogP contribution in [0.15, 0.2) is 53.7 Å². The van der Waals surface area contributed by atoms with E-state index in [9.17, 15) is 12.8 Å². The van der Waals surface area contributed by atoms with Crippen molar-refractivity contribution < 1.29 is 12.8 Å². The lowest BCUT2D eigenvalue weighted by Gasteiger charge is -2.40. The normalized spacial score (nSPS) is 24.5. The summed E-state index contributed by atoms with van der Waals surface area (Å²) >= 11 is 0. The van der Waals surface area contributed by atoms with Gasteiger partial charge in [-0.05, 0) is 61.1 Å². The SMILES string of the molecule is O=S(=O)(c1cccnc1)N1CCC2(CCCN(Cc3ccc(F)cc3)C2)C1. The van der Waals surface area contributed by atoms with Gasteiger partial charge in [0.15, 0.2) is 0 Å². The highest BCUT2D eigenvalue weighted by atomic mass is 32.2. The Morgan fingerprint density at radius 2 is 1.89 bits per heavy atom. The molecule has 5 nitrogen and oxygen atoms in total. The highest BCUT2D eigenvalue weighted by Crippen LogP contribution is 2.41. The first kappa shape index (κ1) is 18.5. The van der Waals surface area contributed by atoms with Crippen molar-refractivity contribution in [3.05, 3.63) is 60.2 Å². The molecule has 1 aromatic carbocycles. The van der Waals surface area contributed by atoms with Crippen LogP contribution >= 0.6 is 0 Å². The van der Waals surface area contributed by atoms with Gasteiger partial charge >= 0.3 is 0 Å². The van der Waals surface area contributed by atoms with Gasteiger partial charge in [0.05, 0.1) is 0 Å². The third-order valence-corrected chi connectivity index (χ3v) is 7.56. The number of halogens is 1. The minimum atomic E-state index is -3.48. The van der Waals surface area contributed by atoms with Crippen LogP contribution in [0, 0.1) is 11.2 Å². The summed E-state index contributed by atoms with van der Waals surface area (Å²) in [6, 6.07) is 9.90. The highest BCUT2D eigenvalue weighted by Gasteiger charge is 2.45. The number of likely N-dealkylation sites (tertiary alicyclic amines) is 1.